The number of aliphatic hydroxyl groups is 1. The average molecular weight is 241 g/mol. The van der Waals surface area contributed by atoms with Gasteiger partial charge in [0.05, 0.1) is 13.0 Å². The lowest BCUT2D eigenvalue weighted by Gasteiger charge is -2.06. The molecule has 1 amide bonds. The number of hydrogen-bond acceptors (Lipinski definition) is 3. The van der Waals surface area contributed by atoms with Crippen LogP contribution in [0, 0.1) is 5.82 Å². The zero-order chi connectivity index (χ0) is 12.5. The van der Waals surface area contributed by atoms with E-state index in [2.05, 4.69) is 5.32 Å². The SMILES string of the molecule is O=C(CCOc1cccc(F)c1)NCCCO. The van der Waals surface area contributed by atoms with Crippen molar-refractivity contribution in [3.63, 3.8) is 0 Å². The van der Waals surface area contributed by atoms with E-state index in [-0.39, 0.29) is 31.4 Å². The third kappa shape index (κ3) is 5.87. The summed E-state index contributed by atoms with van der Waals surface area (Å²) in [5.74, 6) is -0.0992. The summed E-state index contributed by atoms with van der Waals surface area (Å²) in [4.78, 5) is 11.2. The van der Waals surface area contributed by atoms with Gasteiger partial charge in [-0.05, 0) is 18.6 Å². The van der Waals surface area contributed by atoms with Gasteiger partial charge in [0.25, 0.3) is 0 Å². The molecular formula is C12H16FNO3. The van der Waals surface area contributed by atoms with Crippen molar-refractivity contribution < 1.29 is 19.0 Å². The quantitative estimate of drug-likeness (QED) is 0.703. The van der Waals surface area contributed by atoms with Crippen molar-refractivity contribution in [1.29, 1.82) is 0 Å². The number of carbonyl (C=O) groups is 1. The maximum absolute atomic E-state index is 12.8. The second kappa shape index (κ2) is 7.62. The molecule has 4 nitrogen and oxygen atoms in total. The first-order valence-electron chi connectivity index (χ1n) is 5.48. The fraction of sp³-hybridized carbons (Fsp3) is 0.417. The molecule has 5 heteroatoms. The topological polar surface area (TPSA) is 58.6 Å². The Bertz CT molecular complexity index is 357. The van der Waals surface area contributed by atoms with Crippen LogP contribution in [0.2, 0.25) is 0 Å². The highest BCUT2D eigenvalue weighted by atomic mass is 19.1. The van der Waals surface area contributed by atoms with E-state index in [1.54, 1.807) is 12.1 Å². The van der Waals surface area contributed by atoms with Crippen LogP contribution in [-0.4, -0.2) is 30.8 Å². The van der Waals surface area contributed by atoms with Crippen LogP contribution in [-0.2, 0) is 4.79 Å². The smallest absolute Gasteiger partial charge is 0.223 e. The van der Waals surface area contributed by atoms with Crippen molar-refractivity contribution in [2.75, 3.05) is 19.8 Å². The first-order valence-corrected chi connectivity index (χ1v) is 5.48. The number of hydrogen-bond donors (Lipinski definition) is 2. The maximum atomic E-state index is 12.8. The molecule has 1 rings (SSSR count). The summed E-state index contributed by atoms with van der Waals surface area (Å²) in [5.41, 5.74) is 0. The van der Waals surface area contributed by atoms with Crippen LogP contribution in [0.5, 0.6) is 5.75 Å². The molecule has 1 aromatic rings. The number of benzene rings is 1. The first-order chi connectivity index (χ1) is 8.22. The summed E-state index contributed by atoms with van der Waals surface area (Å²) in [6.07, 6.45) is 0.748. The van der Waals surface area contributed by atoms with Gasteiger partial charge in [0.15, 0.2) is 0 Å². The second-order valence-electron chi connectivity index (χ2n) is 3.48. The number of ether oxygens (including phenoxy) is 1. The molecule has 0 fully saturated rings. The molecule has 0 bridgehead atoms. The van der Waals surface area contributed by atoms with E-state index < -0.39 is 0 Å². The highest BCUT2D eigenvalue weighted by Crippen LogP contribution is 2.11. The zero-order valence-electron chi connectivity index (χ0n) is 9.49. The fourth-order valence-corrected chi connectivity index (χ4v) is 1.21. The lowest BCUT2D eigenvalue weighted by molar-refractivity contribution is -0.121. The van der Waals surface area contributed by atoms with Crippen molar-refractivity contribution >= 4 is 5.91 Å². The summed E-state index contributed by atoms with van der Waals surface area (Å²) >= 11 is 0. The van der Waals surface area contributed by atoms with Crippen molar-refractivity contribution in [3.05, 3.63) is 30.1 Å². The molecule has 0 unspecified atom stereocenters. The normalized spacial score (nSPS) is 10.0. The molecule has 0 aliphatic rings. The summed E-state index contributed by atoms with van der Waals surface area (Å²) in [5, 5.41) is 11.1. The Hall–Kier alpha value is -1.62. The molecule has 0 radical (unpaired) electrons. The van der Waals surface area contributed by atoms with Gasteiger partial charge in [-0.25, -0.2) is 4.39 Å². The predicted octanol–water partition coefficient (Wildman–Crippen LogP) is 1.09. The van der Waals surface area contributed by atoms with E-state index in [1.807, 2.05) is 0 Å². The third-order valence-corrected chi connectivity index (χ3v) is 2.05. The number of nitrogens with one attached hydrogen (secondary N) is 1. The molecule has 0 spiro atoms. The number of aliphatic hydroxyl groups excluding tert-OH is 1. The van der Waals surface area contributed by atoms with Gasteiger partial charge in [0.1, 0.15) is 11.6 Å². The van der Waals surface area contributed by atoms with Gasteiger partial charge in [0.2, 0.25) is 5.91 Å². The van der Waals surface area contributed by atoms with E-state index in [0.29, 0.717) is 18.7 Å². The van der Waals surface area contributed by atoms with Crippen LogP contribution in [0.1, 0.15) is 12.8 Å². The first kappa shape index (κ1) is 13.4. The highest BCUT2D eigenvalue weighted by Gasteiger charge is 2.01. The van der Waals surface area contributed by atoms with Crippen LogP contribution in [0.3, 0.4) is 0 Å². The van der Waals surface area contributed by atoms with Crippen LogP contribution >= 0.6 is 0 Å². The fourth-order valence-electron chi connectivity index (χ4n) is 1.21. The molecule has 0 aliphatic heterocycles. The summed E-state index contributed by atoms with van der Waals surface area (Å²) in [6.45, 7) is 0.712. The van der Waals surface area contributed by atoms with Crippen molar-refractivity contribution in [3.8, 4) is 5.75 Å². The van der Waals surface area contributed by atoms with Gasteiger partial charge in [0, 0.05) is 19.2 Å². The molecule has 94 valence electrons. The van der Waals surface area contributed by atoms with Crippen LogP contribution < -0.4 is 10.1 Å². The molecular weight excluding hydrogens is 225 g/mol. The maximum Gasteiger partial charge on any atom is 0.223 e. The monoisotopic (exact) mass is 241 g/mol. The van der Waals surface area contributed by atoms with Crippen molar-refractivity contribution in [2.45, 2.75) is 12.8 Å². The Morgan fingerprint density at radius 2 is 2.29 bits per heavy atom. The minimum Gasteiger partial charge on any atom is -0.493 e. The predicted molar refractivity (Wildman–Crippen MR) is 61.2 cm³/mol. The highest BCUT2D eigenvalue weighted by molar-refractivity contribution is 5.75. The van der Waals surface area contributed by atoms with Crippen LogP contribution in [0.15, 0.2) is 24.3 Å². The molecule has 17 heavy (non-hydrogen) atoms. The van der Waals surface area contributed by atoms with E-state index in [4.69, 9.17) is 9.84 Å². The summed E-state index contributed by atoms with van der Waals surface area (Å²) in [6, 6.07) is 5.77. The molecule has 0 aliphatic carbocycles. The Balaban J connectivity index is 2.17. The third-order valence-electron chi connectivity index (χ3n) is 2.05. The molecule has 0 heterocycles. The zero-order valence-corrected chi connectivity index (χ0v) is 9.49. The minimum atomic E-state index is -0.366. The lowest BCUT2D eigenvalue weighted by atomic mass is 10.3. The van der Waals surface area contributed by atoms with E-state index in [1.165, 1.54) is 12.1 Å². The molecule has 0 aromatic heterocycles. The lowest BCUT2D eigenvalue weighted by Crippen LogP contribution is -2.26. The van der Waals surface area contributed by atoms with E-state index >= 15 is 0 Å². The Labute approximate surface area is 99.4 Å². The van der Waals surface area contributed by atoms with Gasteiger partial charge < -0.3 is 15.2 Å². The molecule has 2 N–H and O–H groups in total. The number of rotatable bonds is 7. The second-order valence-corrected chi connectivity index (χ2v) is 3.48. The summed E-state index contributed by atoms with van der Waals surface area (Å²) < 4.78 is 18.0. The van der Waals surface area contributed by atoms with Gasteiger partial charge >= 0.3 is 0 Å². The number of amides is 1. The van der Waals surface area contributed by atoms with Crippen molar-refractivity contribution in [1.82, 2.24) is 5.32 Å². The van der Waals surface area contributed by atoms with E-state index in [9.17, 15) is 9.18 Å². The molecule has 1 aromatic carbocycles. The standard InChI is InChI=1S/C12H16FNO3/c13-10-3-1-4-11(9-10)17-8-5-12(16)14-6-2-7-15/h1,3-4,9,15H,2,5-8H2,(H,14,16). The Kier molecular flexibility index (Phi) is 6.03. The van der Waals surface area contributed by atoms with Crippen molar-refractivity contribution in [2.24, 2.45) is 0 Å². The molecule has 0 saturated carbocycles. The van der Waals surface area contributed by atoms with E-state index in [0.717, 1.165) is 0 Å². The Morgan fingerprint density at radius 3 is 3.00 bits per heavy atom. The average Bonchev–Trinajstić information content (AvgIpc) is 2.29. The molecule has 0 saturated heterocycles. The number of carbonyl (C=O) groups excluding carboxylic acids is 1. The van der Waals surface area contributed by atoms with Gasteiger partial charge in [-0.3, -0.25) is 4.79 Å². The number of halogens is 1. The summed E-state index contributed by atoms with van der Waals surface area (Å²) in [7, 11) is 0. The van der Waals surface area contributed by atoms with Gasteiger partial charge in [-0.2, -0.15) is 0 Å². The largest absolute Gasteiger partial charge is 0.493 e. The molecule has 0 atom stereocenters. The van der Waals surface area contributed by atoms with Crippen LogP contribution in [0.25, 0.3) is 0 Å². The van der Waals surface area contributed by atoms with Gasteiger partial charge in [-0.1, -0.05) is 6.07 Å². The van der Waals surface area contributed by atoms with Gasteiger partial charge in [-0.15, -0.1) is 0 Å². The minimum absolute atomic E-state index is 0.0556. The van der Waals surface area contributed by atoms with Crippen LogP contribution in [0.4, 0.5) is 4.39 Å². The Morgan fingerprint density at radius 1 is 1.47 bits per heavy atom.